The zero-order valence-corrected chi connectivity index (χ0v) is 23.5. The lowest BCUT2D eigenvalue weighted by molar-refractivity contribution is -0.248. The van der Waals surface area contributed by atoms with E-state index in [4.69, 9.17) is 6.57 Å². The molecule has 5 aliphatic rings. The van der Waals surface area contributed by atoms with Crippen LogP contribution in [0.5, 0.6) is 0 Å². The van der Waals surface area contributed by atoms with E-state index in [0.717, 1.165) is 24.8 Å². The molecule has 0 aliphatic heterocycles. The van der Waals surface area contributed by atoms with E-state index in [1.807, 2.05) is 20.8 Å². The quantitative estimate of drug-likeness (QED) is 0.352. The molecule has 0 saturated heterocycles. The fraction of sp³-hybridized carbons (Fsp3) is 0.774. The predicted molar refractivity (Wildman–Crippen MR) is 140 cm³/mol. The number of carboxylic acids is 1. The molecule has 0 bridgehead atoms. The SMILES string of the molecule is [C-]#[N+]C1=C(O)C(C)(C)[C@@H]2CC[C@]3(C)C(=CC(=O)[C@]4(O)[C@@H]5CC(C)(C)CC[C@]5(C(=O)O)CC[C@@]34C)[C@@]2(C)C1. The van der Waals surface area contributed by atoms with E-state index in [-0.39, 0.29) is 22.9 Å². The summed E-state index contributed by atoms with van der Waals surface area (Å²) in [5.74, 6) is -1.70. The topological polar surface area (TPSA) is 99.2 Å². The minimum Gasteiger partial charge on any atom is -0.523 e. The lowest BCUT2D eigenvalue weighted by atomic mass is 9.32. The second kappa shape index (κ2) is 7.29. The summed E-state index contributed by atoms with van der Waals surface area (Å²) in [6.45, 7) is 22.3. The van der Waals surface area contributed by atoms with Crippen molar-refractivity contribution >= 4 is 11.8 Å². The molecule has 37 heavy (non-hydrogen) atoms. The third kappa shape index (κ3) is 2.85. The largest absolute Gasteiger partial charge is 0.523 e. The summed E-state index contributed by atoms with van der Waals surface area (Å²) in [7, 11) is 0. The number of nitrogens with zero attached hydrogens (tertiary/aromatic N) is 1. The molecule has 5 aliphatic carbocycles. The average molecular weight is 510 g/mol. The van der Waals surface area contributed by atoms with Gasteiger partial charge >= 0.3 is 5.97 Å². The average Bonchev–Trinajstić information content (AvgIpc) is 2.80. The Labute approximate surface area is 221 Å². The van der Waals surface area contributed by atoms with Gasteiger partial charge in [-0.15, -0.1) is 0 Å². The first kappa shape index (κ1) is 26.5. The van der Waals surface area contributed by atoms with Crippen molar-refractivity contribution in [3.05, 3.63) is 34.5 Å². The minimum absolute atomic E-state index is 0.0442. The van der Waals surface area contributed by atoms with Gasteiger partial charge < -0.3 is 15.3 Å². The van der Waals surface area contributed by atoms with Crippen molar-refractivity contribution in [3.8, 4) is 0 Å². The Kier molecular flexibility index (Phi) is 5.21. The van der Waals surface area contributed by atoms with Crippen molar-refractivity contribution in [2.75, 3.05) is 0 Å². The van der Waals surface area contributed by atoms with E-state index in [0.29, 0.717) is 37.8 Å². The monoisotopic (exact) mass is 509 g/mol. The summed E-state index contributed by atoms with van der Waals surface area (Å²) in [5, 5.41) is 34.2. The van der Waals surface area contributed by atoms with Gasteiger partial charge in [-0.05, 0) is 79.6 Å². The fourth-order valence-electron chi connectivity index (χ4n) is 10.3. The molecule has 0 unspecified atom stereocenters. The number of hydrogen-bond donors (Lipinski definition) is 3. The number of rotatable bonds is 1. The molecular weight excluding hydrogens is 466 g/mol. The number of fused-ring (bicyclic) bond motifs is 7. The molecular formula is C31H43NO5. The number of aliphatic hydroxyl groups excluding tert-OH is 1. The normalized spacial score (nSPS) is 48.0. The minimum atomic E-state index is -1.77. The zero-order valence-electron chi connectivity index (χ0n) is 23.5. The Morgan fingerprint density at radius 1 is 1.00 bits per heavy atom. The number of hydrogen-bond acceptors (Lipinski definition) is 4. The molecule has 202 valence electrons. The zero-order chi connectivity index (χ0) is 27.6. The van der Waals surface area contributed by atoms with E-state index in [2.05, 4.69) is 32.5 Å². The molecule has 7 atom stereocenters. The molecule has 3 saturated carbocycles. The van der Waals surface area contributed by atoms with Gasteiger partial charge in [0.25, 0.3) is 0 Å². The van der Waals surface area contributed by atoms with Gasteiger partial charge in [-0.25, -0.2) is 4.85 Å². The third-order valence-corrected chi connectivity index (χ3v) is 12.7. The third-order valence-electron chi connectivity index (χ3n) is 12.7. The van der Waals surface area contributed by atoms with Gasteiger partial charge in [-0.2, -0.15) is 0 Å². The Hall–Kier alpha value is -2.13. The molecule has 0 spiro atoms. The Balaban J connectivity index is 1.73. The van der Waals surface area contributed by atoms with Crippen LogP contribution >= 0.6 is 0 Å². The van der Waals surface area contributed by atoms with Crippen LogP contribution in [-0.2, 0) is 9.59 Å². The molecule has 0 aromatic rings. The van der Waals surface area contributed by atoms with Crippen LogP contribution in [0.25, 0.3) is 4.85 Å². The first-order valence-corrected chi connectivity index (χ1v) is 13.9. The number of ketones is 1. The molecule has 3 fully saturated rings. The van der Waals surface area contributed by atoms with Crippen molar-refractivity contribution in [1.29, 1.82) is 0 Å². The number of aliphatic hydroxyl groups is 2. The van der Waals surface area contributed by atoms with Crippen LogP contribution in [0.1, 0.15) is 99.8 Å². The number of aliphatic carboxylic acids is 1. The summed E-state index contributed by atoms with van der Waals surface area (Å²) in [6.07, 6.45) is 6.23. The van der Waals surface area contributed by atoms with E-state index < -0.39 is 44.6 Å². The fourth-order valence-corrected chi connectivity index (χ4v) is 10.3. The van der Waals surface area contributed by atoms with Crippen LogP contribution in [0, 0.1) is 50.9 Å². The molecule has 0 heterocycles. The number of carbonyl (C=O) groups excluding carboxylic acids is 1. The molecule has 0 aromatic carbocycles. The first-order chi connectivity index (χ1) is 16.9. The van der Waals surface area contributed by atoms with Gasteiger partial charge in [0.15, 0.2) is 5.78 Å². The van der Waals surface area contributed by atoms with Crippen molar-refractivity contribution in [1.82, 2.24) is 0 Å². The summed E-state index contributed by atoms with van der Waals surface area (Å²) in [6, 6.07) is 0. The molecule has 6 nitrogen and oxygen atoms in total. The number of carbonyl (C=O) groups is 2. The van der Waals surface area contributed by atoms with E-state index >= 15 is 0 Å². The summed E-state index contributed by atoms with van der Waals surface area (Å²) < 4.78 is 0. The van der Waals surface area contributed by atoms with E-state index in [1.165, 1.54) is 0 Å². The van der Waals surface area contributed by atoms with Gasteiger partial charge in [-0.3, -0.25) is 9.59 Å². The maximum Gasteiger partial charge on any atom is 0.310 e. The van der Waals surface area contributed by atoms with Crippen molar-refractivity contribution in [2.45, 2.75) is 105 Å². The van der Waals surface area contributed by atoms with Crippen molar-refractivity contribution in [2.24, 2.45) is 44.3 Å². The standard InChI is InChI=1S/C31H43NO5/c1-25(2)11-13-30(24(35)36)14-12-29(7)28(6)10-9-19-26(3,4)23(34)18(32-8)16-27(19,5)20(28)15-22(33)31(29,37)21(30)17-25/h15,19,21,34,37H,9-14,16-17H2,1-7H3,(H,35,36)/t19-,21+,27-,28+,29-,30-,31+/m0/s1. The number of allylic oxidation sites excluding steroid dienone is 3. The van der Waals surface area contributed by atoms with Crippen LogP contribution in [0.2, 0.25) is 0 Å². The van der Waals surface area contributed by atoms with E-state index in [1.54, 1.807) is 6.08 Å². The maximum atomic E-state index is 14.3. The molecule has 0 aromatic heterocycles. The predicted octanol–water partition coefficient (Wildman–Crippen LogP) is 6.47. The lowest BCUT2D eigenvalue weighted by Gasteiger charge is -2.71. The van der Waals surface area contributed by atoms with Crippen LogP contribution in [0.3, 0.4) is 0 Å². The van der Waals surface area contributed by atoms with Crippen LogP contribution in [0.15, 0.2) is 23.1 Å². The Bertz CT molecular complexity index is 1200. The molecule has 0 radical (unpaired) electrons. The van der Waals surface area contributed by atoms with E-state index in [9.17, 15) is 24.9 Å². The summed E-state index contributed by atoms with van der Waals surface area (Å²) in [5.41, 5.74) is -4.19. The first-order valence-electron chi connectivity index (χ1n) is 13.9. The molecule has 0 amide bonds. The highest BCUT2D eigenvalue weighted by Crippen LogP contribution is 2.76. The second-order valence-electron chi connectivity index (χ2n) is 15.0. The summed E-state index contributed by atoms with van der Waals surface area (Å²) >= 11 is 0. The highest BCUT2D eigenvalue weighted by Gasteiger charge is 2.76. The van der Waals surface area contributed by atoms with Gasteiger partial charge in [0.05, 0.1) is 12.0 Å². The molecule has 6 heteroatoms. The molecule has 5 rings (SSSR count). The lowest BCUT2D eigenvalue weighted by Crippen LogP contribution is -2.75. The van der Waals surface area contributed by atoms with Gasteiger partial charge in [0.2, 0.25) is 5.70 Å². The highest BCUT2D eigenvalue weighted by molar-refractivity contribution is 6.01. The Morgan fingerprint density at radius 3 is 2.22 bits per heavy atom. The van der Waals surface area contributed by atoms with Gasteiger partial charge in [0, 0.05) is 16.7 Å². The smallest absolute Gasteiger partial charge is 0.310 e. The van der Waals surface area contributed by atoms with Crippen LogP contribution in [-0.4, -0.2) is 32.7 Å². The number of carboxylic acid groups (broad SMARTS) is 1. The van der Waals surface area contributed by atoms with Crippen molar-refractivity contribution in [3.63, 3.8) is 0 Å². The van der Waals surface area contributed by atoms with Gasteiger partial charge in [-0.1, -0.05) is 54.0 Å². The maximum absolute atomic E-state index is 14.3. The summed E-state index contributed by atoms with van der Waals surface area (Å²) in [4.78, 5) is 30.9. The van der Waals surface area contributed by atoms with Crippen LogP contribution in [0.4, 0.5) is 0 Å². The molecule has 3 N–H and O–H groups in total. The highest BCUT2D eigenvalue weighted by atomic mass is 16.4. The van der Waals surface area contributed by atoms with Gasteiger partial charge in [0.1, 0.15) is 11.4 Å². The van der Waals surface area contributed by atoms with Crippen molar-refractivity contribution < 1.29 is 24.9 Å². The Morgan fingerprint density at radius 2 is 1.62 bits per heavy atom. The second-order valence-corrected chi connectivity index (χ2v) is 15.0. The van der Waals surface area contributed by atoms with Crippen LogP contribution < -0.4 is 0 Å².